The average Bonchev–Trinajstić information content (AvgIpc) is 2.67. The van der Waals surface area contributed by atoms with Crippen LogP contribution in [0.2, 0.25) is 0 Å². The Bertz CT molecular complexity index is 925. The van der Waals surface area contributed by atoms with Gasteiger partial charge in [-0.3, -0.25) is 0 Å². The van der Waals surface area contributed by atoms with Crippen molar-refractivity contribution in [3.05, 3.63) is 65.1 Å². The number of benzene rings is 2. The van der Waals surface area contributed by atoms with E-state index in [4.69, 9.17) is 5.73 Å². The predicted octanol–water partition coefficient (Wildman–Crippen LogP) is 2.15. The summed E-state index contributed by atoms with van der Waals surface area (Å²) in [5, 5.41) is 17.8. The van der Waals surface area contributed by atoms with Gasteiger partial charge in [-0.25, -0.2) is 4.79 Å². The first kappa shape index (κ1) is 17.6. The van der Waals surface area contributed by atoms with E-state index in [0.29, 0.717) is 35.9 Å². The zero-order valence-electron chi connectivity index (χ0n) is 14.3. The van der Waals surface area contributed by atoms with Crippen LogP contribution in [0.25, 0.3) is 16.9 Å². The standard InChI is InChI=1S/C19H21N5O2/c20-12-6-7-13-21-18-17(15-10-4-5-11-16(15)25)23-24(19(26)22-18)14-8-2-1-3-9-14/h1-5,8-11,25H,6-7,12-13,20H2,(H,21,22,26). The number of hydrogen-bond donors (Lipinski definition) is 3. The van der Waals surface area contributed by atoms with E-state index in [1.54, 1.807) is 36.4 Å². The third-order valence-electron chi connectivity index (χ3n) is 3.90. The summed E-state index contributed by atoms with van der Waals surface area (Å²) in [6.07, 6.45) is 1.72. The van der Waals surface area contributed by atoms with Crippen LogP contribution < -0.4 is 16.7 Å². The summed E-state index contributed by atoms with van der Waals surface area (Å²) in [4.78, 5) is 16.6. The number of rotatable bonds is 7. The third-order valence-corrected chi connectivity index (χ3v) is 3.90. The van der Waals surface area contributed by atoms with Crippen molar-refractivity contribution in [1.82, 2.24) is 14.8 Å². The van der Waals surface area contributed by atoms with Crippen molar-refractivity contribution in [2.45, 2.75) is 12.8 Å². The van der Waals surface area contributed by atoms with Gasteiger partial charge in [0.2, 0.25) is 0 Å². The summed E-state index contributed by atoms with van der Waals surface area (Å²) in [7, 11) is 0. The van der Waals surface area contributed by atoms with Crippen LogP contribution >= 0.6 is 0 Å². The van der Waals surface area contributed by atoms with Crippen molar-refractivity contribution in [1.29, 1.82) is 0 Å². The molecule has 0 aliphatic heterocycles. The van der Waals surface area contributed by atoms with Gasteiger partial charge in [0, 0.05) is 12.1 Å². The molecule has 26 heavy (non-hydrogen) atoms. The molecule has 7 nitrogen and oxygen atoms in total. The largest absolute Gasteiger partial charge is 0.507 e. The van der Waals surface area contributed by atoms with Crippen molar-refractivity contribution in [3.8, 4) is 22.7 Å². The van der Waals surface area contributed by atoms with E-state index in [-0.39, 0.29) is 5.75 Å². The maximum absolute atomic E-state index is 12.5. The summed E-state index contributed by atoms with van der Waals surface area (Å²) in [5.74, 6) is 0.422. The van der Waals surface area contributed by atoms with Crippen LogP contribution in [0.5, 0.6) is 5.75 Å². The fraction of sp³-hybridized carbons (Fsp3) is 0.211. The van der Waals surface area contributed by atoms with E-state index in [1.807, 2.05) is 18.2 Å². The van der Waals surface area contributed by atoms with Crippen molar-refractivity contribution < 1.29 is 5.11 Å². The summed E-state index contributed by atoms with van der Waals surface area (Å²) in [5.41, 5.74) is 6.56. The quantitative estimate of drug-likeness (QED) is 0.563. The van der Waals surface area contributed by atoms with Crippen LogP contribution in [-0.2, 0) is 0 Å². The van der Waals surface area contributed by atoms with E-state index >= 15 is 0 Å². The smallest absolute Gasteiger partial charge is 0.370 e. The topological polar surface area (TPSA) is 106 Å². The van der Waals surface area contributed by atoms with Crippen molar-refractivity contribution in [2.75, 3.05) is 18.4 Å². The number of aromatic hydroxyl groups is 1. The molecule has 0 aliphatic rings. The van der Waals surface area contributed by atoms with Gasteiger partial charge in [0.25, 0.3) is 0 Å². The van der Waals surface area contributed by atoms with E-state index in [0.717, 1.165) is 12.8 Å². The monoisotopic (exact) mass is 351 g/mol. The van der Waals surface area contributed by atoms with Gasteiger partial charge in [-0.05, 0) is 43.7 Å². The number of nitrogens with one attached hydrogen (secondary N) is 1. The lowest BCUT2D eigenvalue weighted by Gasteiger charge is -2.13. The van der Waals surface area contributed by atoms with Crippen molar-refractivity contribution >= 4 is 5.82 Å². The van der Waals surface area contributed by atoms with Crippen LogP contribution in [0.15, 0.2) is 59.4 Å². The predicted molar refractivity (Wildman–Crippen MR) is 102 cm³/mol. The molecule has 0 amide bonds. The first-order valence-electron chi connectivity index (χ1n) is 8.50. The van der Waals surface area contributed by atoms with Gasteiger partial charge in [-0.15, -0.1) is 0 Å². The summed E-state index contributed by atoms with van der Waals surface area (Å²) in [6.45, 7) is 1.22. The van der Waals surface area contributed by atoms with Crippen LogP contribution in [0.1, 0.15) is 12.8 Å². The molecule has 0 fully saturated rings. The summed E-state index contributed by atoms with van der Waals surface area (Å²) in [6, 6.07) is 15.9. The van der Waals surface area contributed by atoms with Crippen molar-refractivity contribution in [3.63, 3.8) is 0 Å². The Hall–Kier alpha value is -3.19. The molecule has 0 radical (unpaired) electrons. The second kappa shape index (κ2) is 8.26. The zero-order valence-corrected chi connectivity index (χ0v) is 14.3. The SMILES string of the molecule is NCCCCNc1nc(=O)n(-c2ccccc2)nc1-c1ccccc1O. The van der Waals surface area contributed by atoms with Crippen LogP contribution in [0.4, 0.5) is 5.82 Å². The fourth-order valence-corrected chi connectivity index (χ4v) is 2.58. The highest BCUT2D eigenvalue weighted by molar-refractivity contribution is 5.75. The van der Waals surface area contributed by atoms with Crippen LogP contribution in [0, 0.1) is 0 Å². The second-order valence-electron chi connectivity index (χ2n) is 5.78. The molecule has 0 aliphatic carbocycles. The molecular weight excluding hydrogens is 330 g/mol. The highest BCUT2D eigenvalue weighted by Gasteiger charge is 2.16. The number of phenols is 1. The first-order valence-corrected chi connectivity index (χ1v) is 8.50. The highest BCUT2D eigenvalue weighted by Crippen LogP contribution is 2.30. The number of unbranched alkanes of at least 4 members (excludes halogenated alkanes) is 1. The van der Waals surface area contributed by atoms with E-state index in [9.17, 15) is 9.90 Å². The lowest BCUT2D eigenvalue weighted by molar-refractivity contribution is 0.477. The molecule has 0 saturated heterocycles. The maximum Gasteiger partial charge on any atom is 0.370 e. The van der Waals surface area contributed by atoms with Gasteiger partial charge in [0.15, 0.2) is 5.82 Å². The van der Waals surface area contributed by atoms with E-state index in [1.165, 1.54) is 4.68 Å². The molecule has 0 bridgehead atoms. The van der Waals surface area contributed by atoms with Crippen LogP contribution in [-0.4, -0.2) is 33.0 Å². The molecule has 2 aromatic carbocycles. The maximum atomic E-state index is 12.5. The zero-order chi connectivity index (χ0) is 18.4. The summed E-state index contributed by atoms with van der Waals surface area (Å²) < 4.78 is 1.23. The molecule has 1 heterocycles. The highest BCUT2D eigenvalue weighted by atomic mass is 16.3. The van der Waals surface area contributed by atoms with Gasteiger partial charge in [0.05, 0.1) is 5.69 Å². The van der Waals surface area contributed by atoms with Gasteiger partial charge in [-0.1, -0.05) is 30.3 Å². The average molecular weight is 351 g/mol. The lowest BCUT2D eigenvalue weighted by atomic mass is 10.1. The van der Waals surface area contributed by atoms with Gasteiger partial charge < -0.3 is 16.2 Å². The summed E-state index contributed by atoms with van der Waals surface area (Å²) >= 11 is 0. The number of phenolic OH excluding ortho intramolecular Hbond substituents is 1. The number of hydrogen-bond acceptors (Lipinski definition) is 6. The molecular formula is C19H21N5O2. The molecule has 1 aromatic heterocycles. The number of para-hydroxylation sites is 2. The van der Waals surface area contributed by atoms with E-state index < -0.39 is 5.69 Å². The Labute approximate surface area is 151 Å². The number of nitrogens with two attached hydrogens (primary N) is 1. The van der Waals surface area contributed by atoms with Crippen LogP contribution in [0.3, 0.4) is 0 Å². The first-order chi connectivity index (χ1) is 12.7. The van der Waals surface area contributed by atoms with Gasteiger partial charge >= 0.3 is 5.69 Å². The lowest BCUT2D eigenvalue weighted by Crippen LogP contribution is -2.26. The Morgan fingerprint density at radius 1 is 1.04 bits per heavy atom. The molecule has 3 rings (SSSR count). The van der Waals surface area contributed by atoms with Gasteiger partial charge in [-0.2, -0.15) is 14.8 Å². The Balaban J connectivity index is 2.08. The molecule has 7 heteroatoms. The number of aromatic nitrogens is 3. The third kappa shape index (κ3) is 3.89. The molecule has 0 spiro atoms. The van der Waals surface area contributed by atoms with Gasteiger partial charge in [0.1, 0.15) is 11.4 Å². The molecule has 0 saturated carbocycles. The van der Waals surface area contributed by atoms with E-state index in [2.05, 4.69) is 15.4 Å². The Kier molecular flexibility index (Phi) is 5.60. The Morgan fingerprint density at radius 3 is 2.50 bits per heavy atom. The number of nitrogens with zero attached hydrogens (tertiary/aromatic N) is 3. The fourth-order valence-electron chi connectivity index (χ4n) is 2.58. The molecule has 4 N–H and O–H groups in total. The number of anilines is 1. The molecule has 3 aromatic rings. The Morgan fingerprint density at radius 2 is 1.77 bits per heavy atom. The molecule has 134 valence electrons. The minimum Gasteiger partial charge on any atom is -0.507 e. The second-order valence-corrected chi connectivity index (χ2v) is 5.78. The molecule has 0 unspecified atom stereocenters. The van der Waals surface area contributed by atoms with Crippen molar-refractivity contribution in [2.24, 2.45) is 5.73 Å². The minimum atomic E-state index is -0.489. The normalized spacial score (nSPS) is 10.7. The molecule has 0 atom stereocenters. The minimum absolute atomic E-state index is 0.0741.